The number of piperidine rings is 1. The van der Waals surface area contributed by atoms with Gasteiger partial charge in [0.1, 0.15) is 11.6 Å². The summed E-state index contributed by atoms with van der Waals surface area (Å²) in [6.45, 7) is 4.39. The number of halogens is 4. The summed E-state index contributed by atoms with van der Waals surface area (Å²) in [5, 5.41) is 3.38. The summed E-state index contributed by atoms with van der Waals surface area (Å²) in [6.07, 6.45) is 3.49. The van der Waals surface area contributed by atoms with E-state index in [0.717, 1.165) is 32.6 Å². The Morgan fingerprint density at radius 3 is 2.62 bits per heavy atom. The molecule has 0 bridgehead atoms. The molecular weight excluding hydrogens is 362 g/mol. The minimum absolute atomic E-state index is 0. The lowest BCUT2D eigenvalue weighted by atomic mass is 9.78. The zero-order valence-corrected chi connectivity index (χ0v) is 14.2. The molecule has 2 nitrogen and oxygen atoms in total. The van der Waals surface area contributed by atoms with Gasteiger partial charge in [-0.05, 0) is 72.4 Å². The Morgan fingerprint density at radius 2 is 1.90 bits per heavy atom. The summed E-state index contributed by atoms with van der Waals surface area (Å²) in [5.41, 5.74) is 0.551. The van der Waals surface area contributed by atoms with Crippen LogP contribution < -0.4 is 5.32 Å². The highest BCUT2D eigenvalue weighted by molar-refractivity contribution is 9.10. The fourth-order valence-corrected chi connectivity index (χ4v) is 3.84. The van der Waals surface area contributed by atoms with Crippen LogP contribution >= 0.6 is 28.3 Å². The SMILES string of the molecule is Cl.Fc1ccc(Br)c(F)c1CN1CCC2(CCNCC2)C1. The molecule has 0 aliphatic carbocycles. The molecule has 118 valence electrons. The van der Waals surface area contributed by atoms with Gasteiger partial charge in [0.15, 0.2) is 0 Å². The maximum Gasteiger partial charge on any atom is 0.144 e. The summed E-state index contributed by atoms with van der Waals surface area (Å²) >= 11 is 3.13. The van der Waals surface area contributed by atoms with Crippen LogP contribution in [0, 0.1) is 17.0 Å². The van der Waals surface area contributed by atoms with Crippen molar-refractivity contribution in [2.75, 3.05) is 26.2 Å². The zero-order chi connectivity index (χ0) is 14.2. The molecule has 2 aliphatic rings. The first-order valence-corrected chi connectivity index (χ1v) is 7.94. The van der Waals surface area contributed by atoms with E-state index in [1.165, 1.54) is 25.0 Å². The first-order valence-electron chi connectivity index (χ1n) is 7.15. The highest BCUT2D eigenvalue weighted by Gasteiger charge is 2.39. The Kier molecular flexibility index (Phi) is 5.63. The van der Waals surface area contributed by atoms with Crippen molar-refractivity contribution >= 4 is 28.3 Å². The molecule has 1 aromatic rings. The van der Waals surface area contributed by atoms with E-state index in [-0.39, 0.29) is 18.0 Å². The highest BCUT2D eigenvalue weighted by Crippen LogP contribution is 2.39. The van der Waals surface area contributed by atoms with Crippen LogP contribution in [-0.4, -0.2) is 31.1 Å². The lowest BCUT2D eigenvalue weighted by Crippen LogP contribution is -2.38. The first kappa shape index (κ1) is 17.1. The van der Waals surface area contributed by atoms with Crippen LogP contribution in [0.4, 0.5) is 8.78 Å². The van der Waals surface area contributed by atoms with E-state index in [4.69, 9.17) is 0 Å². The van der Waals surface area contributed by atoms with Gasteiger partial charge in [0.05, 0.1) is 4.47 Å². The Balaban J connectivity index is 0.00000161. The standard InChI is InChI=1S/C15H19BrF2N2.ClH/c16-12-1-2-13(17)11(14(12)18)9-20-8-5-15(10-20)3-6-19-7-4-15;/h1-2,19H,3-10H2;1H. The summed E-state index contributed by atoms with van der Waals surface area (Å²) in [6, 6.07) is 2.76. The maximum atomic E-state index is 14.0. The van der Waals surface area contributed by atoms with Crippen LogP contribution in [0.3, 0.4) is 0 Å². The summed E-state index contributed by atoms with van der Waals surface area (Å²) in [7, 11) is 0. The number of hydrogen-bond donors (Lipinski definition) is 1. The van der Waals surface area contributed by atoms with Crippen LogP contribution in [0.2, 0.25) is 0 Å². The Labute approximate surface area is 138 Å². The Morgan fingerprint density at radius 1 is 1.19 bits per heavy atom. The van der Waals surface area contributed by atoms with E-state index in [2.05, 4.69) is 26.1 Å². The van der Waals surface area contributed by atoms with E-state index in [1.54, 1.807) is 0 Å². The maximum absolute atomic E-state index is 14.0. The van der Waals surface area contributed by atoms with Gasteiger partial charge >= 0.3 is 0 Å². The molecule has 21 heavy (non-hydrogen) atoms. The molecule has 2 saturated heterocycles. The van der Waals surface area contributed by atoms with E-state index in [1.807, 2.05) is 0 Å². The average molecular weight is 382 g/mol. The summed E-state index contributed by atoms with van der Waals surface area (Å²) in [5.74, 6) is -0.909. The number of hydrogen-bond acceptors (Lipinski definition) is 2. The molecular formula is C15H20BrClF2N2. The van der Waals surface area contributed by atoms with Gasteiger partial charge in [-0.25, -0.2) is 8.78 Å². The molecule has 2 aliphatic heterocycles. The van der Waals surface area contributed by atoms with Gasteiger partial charge < -0.3 is 5.32 Å². The second-order valence-electron chi connectivity index (χ2n) is 6.03. The van der Waals surface area contributed by atoms with Crippen molar-refractivity contribution in [1.82, 2.24) is 10.2 Å². The Hall–Kier alpha value is -0.230. The van der Waals surface area contributed by atoms with Crippen molar-refractivity contribution in [2.45, 2.75) is 25.8 Å². The molecule has 0 aromatic heterocycles. The van der Waals surface area contributed by atoms with Gasteiger partial charge in [-0.2, -0.15) is 0 Å². The second-order valence-corrected chi connectivity index (χ2v) is 6.89. The molecule has 1 spiro atoms. The minimum Gasteiger partial charge on any atom is -0.317 e. The lowest BCUT2D eigenvalue weighted by molar-refractivity contribution is 0.192. The van der Waals surface area contributed by atoms with Crippen LogP contribution in [0.25, 0.3) is 0 Å². The van der Waals surface area contributed by atoms with Gasteiger partial charge in [-0.1, -0.05) is 0 Å². The fourth-order valence-electron chi connectivity index (χ4n) is 3.47. The molecule has 2 fully saturated rings. The number of nitrogens with one attached hydrogen (secondary N) is 1. The van der Waals surface area contributed by atoms with E-state index >= 15 is 0 Å². The minimum atomic E-state index is -0.462. The molecule has 1 N–H and O–H groups in total. The quantitative estimate of drug-likeness (QED) is 0.785. The van der Waals surface area contributed by atoms with Gasteiger partial charge in [0.2, 0.25) is 0 Å². The molecule has 0 radical (unpaired) electrons. The second kappa shape index (κ2) is 6.90. The monoisotopic (exact) mass is 380 g/mol. The van der Waals surface area contributed by atoms with E-state index in [0.29, 0.717) is 16.4 Å². The molecule has 0 atom stereocenters. The van der Waals surface area contributed by atoms with Crippen molar-refractivity contribution in [3.05, 3.63) is 33.8 Å². The lowest BCUT2D eigenvalue weighted by Gasteiger charge is -2.34. The third-order valence-electron chi connectivity index (χ3n) is 4.70. The van der Waals surface area contributed by atoms with Crippen molar-refractivity contribution < 1.29 is 8.78 Å². The van der Waals surface area contributed by atoms with Gasteiger partial charge in [-0.15, -0.1) is 12.4 Å². The molecule has 2 heterocycles. The zero-order valence-electron chi connectivity index (χ0n) is 11.8. The number of likely N-dealkylation sites (tertiary alicyclic amines) is 1. The normalized spacial score (nSPS) is 21.5. The van der Waals surface area contributed by atoms with Crippen molar-refractivity contribution in [2.24, 2.45) is 5.41 Å². The summed E-state index contributed by atoms with van der Waals surface area (Å²) < 4.78 is 28.2. The van der Waals surface area contributed by atoms with Gasteiger partial charge in [0.25, 0.3) is 0 Å². The summed E-state index contributed by atoms with van der Waals surface area (Å²) in [4.78, 5) is 2.19. The first-order chi connectivity index (χ1) is 9.60. The Bertz CT molecular complexity index is 507. The molecule has 1 aromatic carbocycles. The highest BCUT2D eigenvalue weighted by atomic mass is 79.9. The topological polar surface area (TPSA) is 15.3 Å². The number of rotatable bonds is 2. The predicted molar refractivity (Wildman–Crippen MR) is 85.7 cm³/mol. The van der Waals surface area contributed by atoms with Crippen LogP contribution in [0.15, 0.2) is 16.6 Å². The average Bonchev–Trinajstić information content (AvgIpc) is 2.83. The van der Waals surface area contributed by atoms with Gasteiger partial charge in [-0.3, -0.25) is 4.90 Å². The fraction of sp³-hybridized carbons (Fsp3) is 0.600. The van der Waals surface area contributed by atoms with Crippen LogP contribution in [0.1, 0.15) is 24.8 Å². The number of benzene rings is 1. The van der Waals surface area contributed by atoms with Gasteiger partial charge in [0, 0.05) is 18.7 Å². The van der Waals surface area contributed by atoms with E-state index in [9.17, 15) is 8.78 Å². The van der Waals surface area contributed by atoms with Crippen molar-refractivity contribution in [3.63, 3.8) is 0 Å². The number of nitrogens with zero attached hydrogens (tertiary/aromatic N) is 1. The molecule has 0 amide bonds. The van der Waals surface area contributed by atoms with Crippen molar-refractivity contribution in [1.29, 1.82) is 0 Å². The third kappa shape index (κ3) is 3.58. The predicted octanol–water partition coefficient (Wildman–Crippen LogP) is 3.72. The van der Waals surface area contributed by atoms with E-state index < -0.39 is 11.6 Å². The molecule has 0 saturated carbocycles. The molecule has 6 heteroatoms. The smallest absolute Gasteiger partial charge is 0.144 e. The third-order valence-corrected chi connectivity index (χ3v) is 5.31. The van der Waals surface area contributed by atoms with Crippen LogP contribution in [-0.2, 0) is 6.54 Å². The molecule has 0 unspecified atom stereocenters. The largest absolute Gasteiger partial charge is 0.317 e. The molecule has 3 rings (SSSR count). The van der Waals surface area contributed by atoms with Crippen molar-refractivity contribution in [3.8, 4) is 0 Å². The van der Waals surface area contributed by atoms with Crippen LogP contribution in [0.5, 0.6) is 0 Å².